The van der Waals surface area contributed by atoms with Gasteiger partial charge in [-0.05, 0) is 13.8 Å². The van der Waals surface area contributed by atoms with Crippen LogP contribution in [0.5, 0.6) is 0 Å². The lowest BCUT2D eigenvalue weighted by atomic mass is 10.3. The van der Waals surface area contributed by atoms with Crippen molar-refractivity contribution in [3.63, 3.8) is 0 Å². The van der Waals surface area contributed by atoms with E-state index in [2.05, 4.69) is 0 Å². The molecule has 0 bridgehead atoms. The fourth-order valence-electron chi connectivity index (χ4n) is 3.28. The van der Waals surface area contributed by atoms with Crippen molar-refractivity contribution in [1.82, 2.24) is 19.6 Å². The van der Waals surface area contributed by atoms with Gasteiger partial charge in [0.2, 0.25) is 11.8 Å². The fourth-order valence-corrected chi connectivity index (χ4v) is 3.28. The van der Waals surface area contributed by atoms with Crippen molar-refractivity contribution in [2.75, 3.05) is 78.5 Å². The molecule has 1 aliphatic heterocycles. The first-order chi connectivity index (χ1) is 13.2. The van der Waals surface area contributed by atoms with Crippen LogP contribution in [-0.4, -0.2) is 122 Å². The van der Waals surface area contributed by atoms with Gasteiger partial charge in [0.15, 0.2) is 0 Å². The molecule has 10 nitrogen and oxygen atoms in total. The van der Waals surface area contributed by atoms with Crippen molar-refractivity contribution in [3.8, 4) is 0 Å². The zero-order chi connectivity index (χ0) is 21.1. The summed E-state index contributed by atoms with van der Waals surface area (Å²) in [5, 5.41) is 0. The summed E-state index contributed by atoms with van der Waals surface area (Å²) >= 11 is 0. The molecule has 0 aromatic heterocycles. The van der Waals surface area contributed by atoms with Crippen LogP contribution in [0.1, 0.15) is 13.8 Å². The van der Waals surface area contributed by atoms with Gasteiger partial charge in [-0.1, -0.05) is 0 Å². The summed E-state index contributed by atoms with van der Waals surface area (Å²) in [4.78, 5) is 53.9. The second kappa shape index (κ2) is 12.6. The average molecular weight is 399 g/mol. The Hall–Kier alpha value is -1.88. The third-order valence-corrected chi connectivity index (χ3v) is 4.58. The Balaban J connectivity index is 2.90. The van der Waals surface area contributed by atoms with Gasteiger partial charge in [-0.3, -0.25) is 38.8 Å². The monoisotopic (exact) mass is 398 g/mol. The summed E-state index contributed by atoms with van der Waals surface area (Å²) in [6, 6.07) is 0. The molecule has 10 heteroatoms. The number of hydrogen-bond acceptors (Lipinski definition) is 8. The van der Waals surface area contributed by atoms with Gasteiger partial charge in [0, 0.05) is 52.4 Å². The van der Waals surface area contributed by atoms with Crippen LogP contribution in [-0.2, 0) is 19.2 Å². The molecule has 0 aliphatic carbocycles. The highest BCUT2D eigenvalue weighted by Crippen LogP contribution is 2.01. The van der Waals surface area contributed by atoms with Crippen LogP contribution in [0.15, 0.2) is 0 Å². The minimum atomic E-state index is -0.417. The lowest BCUT2D eigenvalue weighted by Crippen LogP contribution is -2.49. The average Bonchev–Trinajstić information content (AvgIpc) is 2.55. The molecule has 1 rings (SSSR count). The van der Waals surface area contributed by atoms with Gasteiger partial charge in [-0.25, -0.2) is 0 Å². The number of carbonyl (C=O) groups excluding carboxylic acids is 4. The van der Waals surface area contributed by atoms with Gasteiger partial charge in [0.05, 0.1) is 26.2 Å². The van der Waals surface area contributed by atoms with E-state index in [4.69, 9.17) is 11.5 Å². The first-order valence-corrected chi connectivity index (χ1v) is 9.60. The summed E-state index contributed by atoms with van der Waals surface area (Å²) < 4.78 is 0. The molecule has 28 heavy (non-hydrogen) atoms. The van der Waals surface area contributed by atoms with E-state index in [1.807, 2.05) is 19.6 Å². The lowest BCUT2D eigenvalue weighted by Gasteiger charge is -2.33. The highest BCUT2D eigenvalue weighted by Gasteiger charge is 2.19. The Kier molecular flexibility index (Phi) is 10.8. The van der Waals surface area contributed by atoms with E-state index >= 15 is 0 Å². The predicted molar refractivity (Wildman–Crippen MR) is 106 cm³/mol. The molecule has 0 unspecified atom stereocenters. The van der Waals surface area contributed by atoms with Crippen LogP contribution in [0.2, 0.25) is 0 Å². The summed E-state index contributed by atoms with van der Waals surface area (Å²) in [5.41, 5.74) is 10.7. The number of ketones is 2. The maximum atomic E-state index is 11.6. The molecule has 0 aromatic carbocycles. The molecule has 1 heterocycles. The Labute approximate surface area is 166 Å². The minimum absolute atomic E-state index is 0.0688. The van der Waals surface area contributed by atoms with Crippen molar-refractivity contribution in [3.05, 3.63) is 0 Å². The molecule has 2 amide bonds. The molecule has 4 N–H and O–H groups in total. The van der Waals surface area contributed by atoms with Crippen LogP contribution in [0, 0.1) is 0 Å². The smallest absolute Gasteiger partial charge is 0.231 e. The normalized spacial score (nSPS) is 19.5. The summed E-state index contributed by atoms with van der Waals surface area (Å²) in [6.07, 6.45) is 0. The Morgan fingerprint density at radius 3 is 0.929 bits per heavy atom. The van der Waals surface area contributed by atoms with Gasteiger partial charge in [-0.15, -0.1) is 0 Å². The first kappa shape index (κ1) is 24.2. The van der Waals surface area contributed by atoms with Crippen molar-refractivity contribution < 1.29 is 19.2 Å². The molecule has 1 aliphatic rings. The standard InChI is InChI=1S/C18H34N6O4/c1-15(25)11-21-3-4-22(12-16(2)26)6-8-24(14-18(20)28)10-9-23(7-5-21)13-17(19)27/h3-14H2,1-2H3,(H2,19,27)(H2,20,28). The van der Waals surface area contributed by atoms with Gasteiger partial charge in [0.25, 0.3) is 0 Å². The van der Waals surface area contributed by atoms with Crippen molar-refractivity contribution >= 4 is 23.4 Å². The SMILES string of the molecule is CC(=O)CN1CCN(CC(C)=O)CCN(CC(N)=O)CCN(CC(N)=O)CC1. The molecule has 1 fully saturated rings. The van der Waals surface area contributed by atoms with Crippen LogP contribution >= 0.6 is 0 Å². The third-order valence-electron chi connectivity index (χ3n) is 4.58. The number of carbonyl (C=O) groups is 4. The quantitative estimate of drug-likeness (QED) is 0.453. The summed E-state index contributed by atoms with van der Waals surface area (Å²) in [5.74, 6) is -0.697. The number of amides is 2. The van der Waals surface area contributed by atoms with E-state index in [9.17, 15) is 19.2 Å². The maximum absolute atomic E-state index is 11.6. The second-order valence-electron chi connectivity index (χ2n) is 7.44. The number of primary amides is 2. The summed E-state index contributed by atoms with van der Waals surface area (Å²) in [7, 11) is 0. The maximum Gasteiger partial charge on any atom is 0.231 e. The largest absolute Gasteiger partial charge is 0.369 e. The van der Waals surface area contributed by atoms with Crippen molar-refractivity contribution in [2.24, 2.45) is 11.5 Å². The molecule has 0 aromatic rings. The van der Waals surface area contributed by atoms with Gasteiger partial charge in [-0.2, -0.15) is 0 Å². The molecular weight excluding hydrogens is 364 g/mol. The second-order valence-corrected chi connectivity index (χ2v) is 7.44. The van der Waals surface area contributed by atoms with E-state index in [0.717, 1.165) is 0 Å². The zero-order valence-electron chi connectivity index (χ0n) is 17.1. The molecule has 1 saturated heterocycles. The van der Waals surface area contributed by atoms with E-state index in [-0.39, 0.29) is 24.7 Å². The van der Waals surface area contributed by atoms with E-state index in [1.54, 1.807) is 13.8 Å². The zero-order valence-corrected chi connectivity index (χ0v) is 17.1. The van der Waals surface area contributed by atoms with Crippen molar-refractivity contribution in [1.29, 1.82) is 0 Å². The molecule has 0 atom stereocenters. The Morgan fingerprint density at radius 1 is 0.536 bits per heavy atom. The van der Waals surface area contributed by atoms with Gasteiger partial charge < -0.3 is 11.5 Å². The van der Waals surface area contributed by atoms with Crippen LogP contribution in [0.3, 0.4) is 0 Å². The van der Waals surface area contributed by atoms with E-state index in [0.29, 0.717) is 65.4 Å². The minimum Gasteiger partial charge on any atom is -0.369 e. The lowest BCUT2D eigenvalue weighted by molar-refractivity contribution is -0.121. The molecular formula is C18H34N6O4. The van der Waals surface area contributed by atoms with Crippen LogP contribution in [0.4, 0.5) is 0 Å². The highest BCUT2D eigenvalue weighted by molar-refractivity contribution is 5.78. The predicted octanol–water partition coefficient (Wildman–Crippen LogP) is -2.64. The van der Waals surface area contributed by atoms with Gasteiger partial charge in [0.1, 0.15) is 11.6 Å². The number of nitrogens with two attached hydrogens (primary N) is 2. The van der Waals surface area contributed by atoms with Crippen LogP contribution in [0.25, 0.3) is 0 Å². The number of rotatable bonds is 8. The number of Topliss-reactive ketones (excluding diaryl/α,β-unsaturated/α-hetero) is 2. The first-order valence-electron chi connectivity index (χ1n) is 9.60. The Morgan fingerprint density at radius 2 is 0.750 bits per heavy atom. The third kappa shape index (κ3) is 11.1. The summed E-state index contributed by atoms with van der Waals surface area (Å²) in [6.45, 7) is 8.72. The highest BCUT2D eigenvalue weighted by atomic mass is 16.2. The Bertz CT molecular complexity index is 444. The molecule has 0 spiro atoms. The topological polar surface area (TPSA) is 133 Å². The van der Waals surface area contributed by atoms with Crippen LogP contribution < -0.4 is 11.5 Å². The molecule has 0 saturated carbocycles. The van der Waals surface area contributed by atoms with Gasteiger partial charge >= 0.3 is 0 Å². The van der Waals surface area contributed by atoms with Crippen molar-refractivity contribution in [2.45, 2.75) is 13.8 Å². The molecule has 0 radical (unpaired) electrons. The fraction of sp³-hybridized carbons (Fsp3) is 0.778. The molecule has 160 valence electrons. The van der Waals surface area contributed by atoms with E-state index in [1.165, 1.54) is 0 Å². The number of hydrogen-bond donors (Lipinski definition) is 2. The van der Waals surface area contributed by atoms with E-state index < -0.39 is 11.8 Å². The number of nitrogens with zero attached hydrogens (tertiary/aromatic N) is 4.